The Hall–Kier alpha value is -1.88. The number of aliphatic carboxylic acids is 1. The van der Waals surface area contributed by atoms with Crippen LogP contribution in [-0.2, 0) is 21.5 Å². The molecular weight excluding hydrogens is 244 g/mol. The lowest BCUT2D eigenvalue weighted by molar-refractivity contribution is -0.138. The number of hydrogen-bond acceptors (Lipinski definition) is 3. The van der Waals surface area contributed by atoms with Crippen LogP contribution in [-0.4, -0.2) is 35.5 Å². The topological polar surface area (TPSA) is 69.6 Å². The molecule has 1 amide bonds. The van der Waals surface area contributed by atoms with Gasteiger partial charge in [-0.05, 0) is 38.1 Å². The Morgan fingerprint density at radius 1 is 1.42 bits per heavy atom. The van der Waals surface area contributed by atoms with E-state index < -0.39 is 11.4 Å². The van der Waals surface area contributed by atoms with Crippen LogP contribution >= 0.6 is 0 Å². The number of benzene rings is 1. The van der Waals surface area contributed by atoms with Gasteiger partial charge in [-0.2, -0.15) is 0 Å². The lowest BCUT2D eigenvalue weighted by atomic mass is 9.85. The Morgan fingerprint density at radius 2 is 2.11 bits per heavy atom. The molecule has 1 heterocycles. The molecule has 0 radical (unpaired) electrons. The highest BCUT2D eigenvalue weighted by atomic mass is 16.4. The molecular formula is C14H18N2O3. The van der Waals surface area contributed by atoms with Crippen LogP contribution in [0, 0.1) is 0 Å². The normalized spacial score (nSPS) is 16.3. The van der Waals surface area contributed by atoms with Crippen molar-refractivity contribution in [1.82, 2.24) is 4.90 Å². The summed E-state index contributed by atoms with van der Waals surface area (Å²) in [4.78, 5) is 24.2. The number of nitrogens with one attached hydrogen (secondary N) is 1. The Kier molecular flexibility index (Phi) is 3.32. The number of nitrogens with zero attached hydrogens (tertiary/aromatic N) is 1. The molecule has 19 heavy (non-hydrogen) atoms. The van der Waals surface area contributed by atoms with Crippen molar-refractivity contribution < 1.29 is 14.7 Å². The second-order valence-electron chi connectivity index (χ2n) is 5.53. The van der Waals surface area contributed by atoms with E-state index >= 15 is 0 Å². The monoisotopic (exact) mass is 262 g/mol. The number of amides is 1. The van der Waals surface area contributed by atoms with E-state index in [1.807, 2.05) is 32.0 Å². The SMILES string of the molecule is CN(CC(=O)O)Cc1ccc2c(c1)C(C)(C)C(=O)N2. The molecule has 0 fully saturated rings. The molecule has 0 aromatic heterocycles. The van der Waals surface area contributed by atoms with Gasteiger partial charge in [-0.15, -0.1) is 0 Å². The predicted molar refractivity (Wildman–Crippen MR) is 72.1 cm³/mol. The molecule has 102 valence electrons. The van der Waals surface area contributed by atoms with Crippen LogP contribution in [0.1, 0.15) is 25.0 Å². The molecule has 5 heteroatoms. The van der Waals surface area contributed by atoms with Crippen LogP contribution in [0.15, 0.2) is 18.2 Å². The predicted octanol–water partition coefficient (Wildman–Crippen LogP) is 1.43. The first-order valence-electron chi connectivity index (χ1n) is 6.16. The van der Waals surface area contributed by atoms with Crippen molar-refractivity contribution >= 4 is 17.6 Å². The van der Waals surface area contributed by atoms with Gasteiger partial charge in [0.05, 0.1) is 12.0 Å². The van der Waals surface area contributed by atoms with E-state index in [0.717, 1.165) is 16.8 Å². The average Bonchev–Trinajstić information content (AvgIpc) is 2.50. The third-order valence-corrected chi connectivity index (χ3v) is 3.43. The highest BCUT2D eigenvalue weighted by Crippen LogP contribution is 2.37. The molecule has 5 nitrogen and oxygen atoms in total. The van der Waals surface area contributed by atoms with Crippen molar-refractivity contribution in [2.75, 3.05) is 18.9 Å². The van der Waals surface area contributed by atoms with Gasteiger partial charge in [0.1, 0.15) is 0 Å². The van der Waals surface area contributed by atoms with Gasteiger partial charge in [-0.3, -0.25) is 14.5 Å². The molecule has 0 unspecified atom stereocenters. The molecule has 0 saturated carbocycles. The summed E-state index contributed by atoms with van der Waals surface area (Å²) in [5, 5.41) is 11.6. The van der Waals surface area contributed by atoms with Crippen LogP contribution in [0.25, 0.3) is 0 Å². The number of carbonyl (C=O) groups is 2. The van der Waals surface area contributed by atoms with E-state index in [1.165, 1.54) is 0 Å². The summed E-state index contributed by atoms with van der Waals surface area (Å²) in [6.45, 7) is 4.32. The smallest absolute Gasteiger partial charge is 0.317 e. The number of likely N-dealkylation sites (N-methyl/N-ethyl adjacent to an activating group) is 1. The largest absolute Gasteiger partial charge is 0.480 e. The van der Waals surface area contributed by atoms with Crippen molar-refractivity contribution in [2.24, 2.45) is 0 Å². The zero-order valence-corrected chi connectivity index (χ0v) is 11.4. The second kappa shape index (κ2) is 4.66. The molecule has 2 N–H and O–H groups in total. The van der Waals surface area contributed by atoms with Gasteiger partial charge < -0.3 is 10.4 Å². The number of carboxylic acid groups (broad SMARTS) is 1. The van der Waals surface area contributed by atoms with E-state index in [-0.39, 0.29) is 12.5 Å². The lowest BCUT2D eigenvalue weighted by Crippen LogP contribution is -2.27. The van der Waals surface area contributed by atoms with Gasteiger partial charge in [-0.25, -0.2) is 0 Å². The number of hydrogen-bond donors (Lipinski definition) is 2. The Balaban J connectivity index is 2.21. The third-order valence-electron chi connectivity index (χ3n) is 3.43. The molecule has 0 saturated heterocycles. The zero-order valence-electron chi connectivity index (χ0n) is 11.4. The standard InChI is InChI=1S/C14H18N2O3/c1-14(2)10-6-9(7-16(3)8-12(17)18)4-5-11(10)15-13(14)19/h4-6H,7-8H2,1-3H3,(H,15,19)(H,17,18). The third kappa shape index (κ3) is 2.61. The number of rotatable bonds is 4. The van der Waals surface area contributed by atoms with Crippen LogP contribution in [0.5, 0.6) is 0 Å². The minimum absolute atomic E-state index is 0.00135. The molecule has 2 rings (SSSR count). The highest BCUT2D eigenvalue weighted by Gasteiger charge is 2.38. The van der Waals surface area contributed by atoms with Crippen molar-refractivity contribution in [3.63, 3.8) is 0 Å². The van der Waals surface area contributed by atoms with Crippen LogP contribution in [0.2, 0.25) is 0 Å². The van der Waals surface area contributed by atoms with Crippen molar-refractivity contribution in [3.05, 3.63) is 29.3 Å². The van der Waals surface area contributed by atoms with E-state index in [0.29, 0.717) is 6.54 Å². The Labute approximate surface area is 112 Å². The van der Waals surface area contributed by atoms with Crippen LogP contribution in [0.3, 0.4) is 0 Å². The summed E-state index contributed by atoms with van der Waals surface area (Å²) >= 11 is 0. The van der Waals surface area contributed by atoms with E-state index in [1.54, 1.807) is 11.9 Å². The molecule has 1 aliphatic heterocycles. The van der Waals surface area contributed by atoms with Gasteiger partial charge in [-0.1, -0.05) is 12.1 Å². The van der Waals surface area contributed by atoms with Crippen LogP contribution < -0.4 is 5.32 Å². The summed E-state index contributed by atoms with van der Waals surface area (Å²) in [5.41, 5.74) is 2.29. The summed E-state index contributed by atoms with van der Waals surface area (Å²) in [6.07, 6.45) is 0. The maximum absolute atomic E-state index is 11.8. The van der Waals surface area contributed by atoms with Crippen molar-refractivity contribution in [2.45, 2.75) is 25.8 Å². The average molecular weight is 262 g/mol. The fourth-order valence-corrected chi connectivity index (χ4v) is 2.32. The fraction of sp³-hybridized carbons (Fsp3) is 0.429. The summed E-state index contributed by atoms with van der Waals surface area (Å²) in [5.74, 6) is -0.848. The number of fused-ring (bicyclic) bond motifs is 1. The minimum Gasteiger partial charge on any atom is -0.480 e. The number of carbonyl (C=O) groups excluding carboxylic acids is 1. The Morgan fingerprint density at radius 3 is 2.74 bits per heavy atom. The molecule has 0 atom stereocenters. The first-order chi connectivity index (χ1) is 8.80. The molecule has 1 aliphatic rings. The number of anilines is 1. The van der Waals surface area contributed by atoms with Gasteiger partial charge in [0, 0.05) is 12.2 Å². The molecule has 1 aromatic carbocycles. The lowest BCUT2D eigenvalue weighted by Gasteiger charge is -2.18. The molecule has 1 aromatic rings. The van der Waals surface area contributed by atoms with Gasteiger partial charge in [0.25, 0.3) is 0 Å². The van der Waals surface area contributed by atoms with Crippen molar-refractivity contribution in [1.29, 1.82) is 0 Å². The maximum Gasteiger partial charge on any atom is 0.317 e. The van der Waals surface area contributed by atoms with E-state index in [2.05, 4.69) is 5.32 Å². The summed E-state index contributed by atoms with van der Waals surface area (Å²) in [7, 11) is 1.76. The van der Waals surface area contributed by atoms with Gasteiger partial charge >= 0.3 is 5.97 Å². The molecule has 0 bridgehead atoms. The van der Waals surface area contributed by atoms with Gasteiger partial charge in [0.2, 0.25) is 5.91 Å². The molecule has 0 aliphatic carbocycles. The highest BCUT2D eigenvalue weighted by molar-refractivity contribution is 6.05. The fourth-order valence-electron chi connectivity index (χ4n) is 2.32. The second-order valence-corrected chi connectivity index (χ2v) is 5.53. The van der Waals surface area contributed by atoms with E-state index in [9.17, 15) is 9.59 Å². The van der Waals surface area contributed by atoms with Crippen molar-refractivity contribution in [3.8, 4) is 0 Å². The first kappa shape index (κ1) is 13.5. The minimum atomic E-state index is -0.846. The summed E-state index contributed by atoms with van der Waals surface area (Å²) in [6, 6.07) is 5.77. The zero-order chi connectivity index (χ0) is 14.2. The van der Waals surface area contributed by atoms with Crippen LogP contribution in [0.4, 0.5) is 5.69 Å². The molecule has 0 spiro atoms. The van der Waals surface area contributed by atoms with Gasteiger partial charge in [0.15, 0.2) is 0 Å². The number of carboxylic acids is 1. The quantitative estimate of drug-likeness (QED) is 0.861. The maximum atomic E-state index is 11.8. The first-order valence-corrected chi connectivity index (χ1v) is 6.16. The summed E-state index contributed by atoms with van der Waals surface area (Å²) < 4.78 is 0. The van der Waals surface area contributed by atoms with E-state index in [4.69, 9.17) is 5.11 Å². The Bertz CT molecular complexity index is 537.